The number of hydrogen-bond acceptors (Lipinski definition) is 1. The molecule has 0 amide bonds. The zero-order valence-corrected chi connectivity index (χ0v) is 10.6. The molecule has 0 saturated heterocycles. The molecule has 1 heterocycles. The molecule has 0 N–H and O–H groups in total. The maximum Gasteiger partial charge on any atom is 0.181 e. The van der Waals surface area contributed by atoms with Crippen molar-refractivity contribution in [3.8, 4) is 12.3 Å². The van der Waals surface area contributed by atoms with E-state index >= 15 is 0 Å². The van der Waals surface area contributed by atoms with Gasteiger partial charge in [-0.25, -0.2) is 0 Å². The Labute approximate surface area is 99.4 Å². The average Bonchev–Trinajstić information content (AvgIpc) is 2.54. The van der Waals surface area contributed by atoms with Crippen LogP contribution >= 0.6 is 22.6 Å². The molecule has 14 heavy (non-hydrogen) atoms. The van der Waals surface area contributed by atoms with Gasteiger partial charge in [-0.2, -0.15) is 0 Å². The Kier molecular flexibility index (Phi) is 5.10. The van der Waals surface area contributed by atoms with Crippen LogP contribution in [0.2, 0.25) is 0 Å². The molecular formula is C12H15IO. The van der Waals surface area contributed by atoms with Gasteiger partial charge in [-0.05, 0) is 47.4 Å². The molecule has 0 spiro atoms. The van der Waals surface area contributed by atoms with Gasteiger partial charge in [-0.1, -0.05) is 26.2 Å². The Morgan fingerprint density at radius 3 is 2.86 bits per heavy atom. The molecule has 0 atom stereocenters. The van der Waals surface area contributed by atoms with E-state index < -0.39 is 0 Å². The van der Waals surface area contributed by atoms with Gasteiger partial charge in [0.2, 0.25) is 0 Å². The lowest BCUT2D eigenvalue weighted by atomic mass is 10.1. The van der Waals surface area contributed by atoms with E-state index in [0.29, 0.717) is 5.76 Å². The highest BCUT2D eigenvalue weighted by molar-refractivity contribution is 14.1. The van der Waals surface area contributed by atoms with Crippen molar-refractivity contribution in [2.75, 3.05) is 0 Å². The van der Waals surface area contributed by atoms with Crippen molar-refractivity contribution in [1.82, 2.24) is 0 Å². The van der Waals surface area contributed by atoms with Crippen LogP contribution in [0, 0.1) is 16.1 Å². The summed E-state index contributed by atoms with van der Waals surface area (Å²) in [6.07, 6.45) is 11.5. The summed E-state index contributed by atoms with van der Waals surface area (Å²) in [5.74, 6) is 3.30. The standard InChI is InChI=1S/C12H15IO/c1-3-5-6-7-8-10-9-12(13)14-11(10)4-2/h2,9H,3,5-8H2,1H3. The first-order valence-corrected chi connectivity index (χ1v) is 6.10. The third-order valence-corrected chi connectivity index (χ3v) is 2.74. The molecule has 1 rings (SSSR count). The van der Waals surface area contributed by atoms with E-state index in [1.54, 1.807) is 0 Å². The third-order valence-electron chi connectivity index (χ3n) is 2.21. The summed E-state index contributed by atoms with van der Waals surface area (Å²) in [6.45, 7) is 2.22. The molecule has 0 saturated carbocycles. The predicted molar refractivity (Wildman–Crippen MR) is 67.2 cm³/mol. The number of hydrogen-bond donors (Lipinski definition) is 0. The molecule has 0 radical (unpaired) electrons. The smallest absolute Gasteiger partial charge is 0.181 e. The van der Waals surface area contributed by atoms with Crippen LogP contribution in [0.3, 0.4) is 0 Å². The van der Waals surface area contributed by atoms with E-state index in [2.05, 4.69) is 35.4 Å². The van der Waals surface area contributed by atoms with E-state index in [1.807, 2.05) is 6.07 Å². The molecule has 0 aliphatic rings. The van der Waals surface area contributed by atoms with Crippen molar-refractivity contribution in [1.29, 1.82) is 0 Å². The fraction of sp³-hybridized carbons (Fsp3) is 0.500. The first-order valence-electron chi connectivity index (χ1n) is 5.02. The molecule has 0 fully saturated rings. The zero-order chi connectivity index (χ0) is 10.4. The van der Waals surface area contributed by atoms with Crippen LogP contribution in [0.1, 0.15) is 43.9 Å². The van der Waals surface area contributed by atoms with Gasteiger partial charge >= 0.3 is 0 Å². The topological polar surface area (TPSA) is 13.1 Å². The van der Waals surface area contributed by atoms with E-state index in [9.17, 15) is 0 Å². The van der Waals surface area contributed by atoms with Crippen LogP contribution in [0.15, 0.2) is 10.5 Å². The Morgan fingerprint density at radius 1 is 1.43 bits per heavy atom. The fourth-order valence-electron chi connectivity index (χ4n) is 1.45. The summed E-state index contributed by atoms with van der Waals surface area (Å²) < 4.78 is 6.26. The SMILES string of the molecule is C#Cc1oc(I)cc1CCCCCC. The molecule has 0 bridgehead atoms. The van der Waals surface area contributed by atoms with E-state index in [4.69, 9.17) is 10.8 Å². The van der Waals surface area contributed by atoms with Gasteiger partial charge in [-0.15, -0.1) is 6.42 Å². The number of furan rings is 1. The van der Waals surface area contributed by atoms with Gasteiger partial charge in [0.15, 0.2) is 9.53 Å². The molecule has 1 aromatic rings. The van der Waals surface area contributed by atoms with Crippen molar-refractivity contribution in [2.24, 2.45) is 0 Å². The van der Waals surface area contributed by atoms with Crippen LogP contribution in [-0.4, -0.2) is 0 Å². The second-order valence-electron chi connectivity index (χ2n) is 3.36. The number of halogens is 1. The maximum atomic E-state index is 5.37. The van der Waals surface area contributed by atoms with Crippen molar-refractivity contribution in [3.05, 3.63) is 21.2 Å². The minimum Gasteiger partial charge on any atom is -0.442 e. The Balaban J connectivity index is 2.46. The second-order valence-corrected chi connectivity index (χ2v) is 4.42. The number of terminal acetylenes is 1. The zero-order valence-electron chi connectivity index (χ0n) is 8.48. The van der Waals surface area contributed by atoms with Gasteiger partial charge in [-0.3, -0.25) is 0 Å². The van der Waals surface area contributed by atoms with Crippen molar-refractivity contribution in [3.63, 3.8) is 0 Å². The number of rotatable bonds is 5. The van der Waals surface area contributed by atoms with Crippen molar-refractivity contribution < 1.29 is 4.42 Å². The molecule has 0 aliphatic heterocycles. The largest absolute Gasteiger partial charge is 0.442 e. The van der Waals surface area contributed by atoms with Crippen LogP contribution in [0.5, 0.6) is 0 Å². The lowest BCUT2D eigenvalue weighted by molar-refractivity contribution is 0.522. The van der Waals surface area contributed by atoms with Gasteiger partial charge in [0.1, 0.15) is 0 Å². The van der Waals surface area contributed by atoms with Crippen LogP contribution in [-0.2, 0) is 6.42 Å². The molecule has 2 heteroatoms. The van der Waals surface area contributed by atoms with Crippen molar-refractivity contribution >= 4 is 22.6 Å². The van der Waals surface area contributed by atoms with E-state index in [-0.39, 0.29) is 0 Å². The molecule has 0 aromatic carbocycles. The van der Waals surface area contributed by atoms with E-state index in [1.165, 1.54) is 31.2 Å². The molecular weight excluding hydrogens is 287 g/mol. The lowest BCUT2D eigenvalue weighted by Crippen LogP contribution is -1.86. The molecule has 0 aliphatic carbocycles. The monoisotopic (exact) mass is 302 g/mol. The molecule has 76 valence electrons. The summed E-state index contributed by atoms with van der Waals surface area (Å²) in [5, 5.41) is 0. The highest BCUT2D eigenvalue weighted by Crippen LogP contribution is 2.18. The highest BCUT2D eigenvalue weighted by atomic mass is 127. The second kappa shape index (κ2) is 6.13. The van der Waals surface area contributed by atoms with Gasteiger partial charge in [0.05, 0.1) is 0 Å². The summed E-state index contributed by atoms with van der Waals surface area (Å²) in [6, 6.07) is 2.04. The van der Waals surface area contributed by atoms with Crippen LogP contribution in [0.25, 0.3) is 0 Å². The average molecular weight is 302 g/mol. The molecule has 1 aromatic heterocycles. The minimum absolute atomic E-state index is 0.714. The first-order chi connectivity index (χ1) is 6.77. The highest BCUT2D eigenvalue weighted by Gasteiger charge is 2.06. The maximum absolute atomic E-state index is 5.37. The normalized spacial score (nSPS) is 10.1. The van der Waals surface area contributed by atoms with Gasteiger partial charge in [0.25, 0.3) is 0 Å². The molecule has 1 nitrogen and oxygen atoms in total. The van der Waals surface area contributed by atoms with Crippen molar-refractivity contribution in [2.45, 2.75) is 39.0 Å². The third kappa shape index (κ3) is 3.38. The Hall–Kier alpha value is -0.430. The van der Waals surface area contributed by atoms with Gasteiger partial charge in [0, 0.05) is 5.56 Å². The molecule has 0 unspecified atom stereocenters. The van der Waals surface area contributed by atoms with E-state index in [0.717, 1.165) is 10.2 Å². The quantitative estimate of drug-likeness (QED) is 0.455. The first kappa shape index (κ1) is 11.6. The fourth-order valence-corrected chi connectivity index (χ4v) is 2.04. The van der Waals surface area contributed by atoms with Crippen LogP contribution in [0.4, 0.5) is 0 Å². The minimum atomic E-state index is 0.714. The number of unbranched alkanes of at least 4 members (excludes halogenated alkanes) is 3. The summed E-state index contributed by atoms with van der Waals surface area (Å²) >= 11 is 2.16. The predicted octanol–water partition coefficient (Wildman–Crippen LogP) is 3.99. The van der Waals surface area contributed by atoms with Gasteiger partial charge < -0.3 is 4.42 Å². The summed E-state index contributed by atoms with van der Waals surface area (Å²) in [7, 11) is 0. The summed E-state index contributed by atoms with van der Waals surface area (Å²) in [4.78, 5) is 0. The Morgan fingerprint density at radius 2 is 2.21 bits per heavy atom. The summed E-state index contributed by atoms with van der Waals surface area (Å²) in [5.41, 5.74) is 1.19. The van der Waals surface area contributed by atoms with Crippen LogP contribution < -0.4 is 0 Å². The number of aryl methyl sites for hydroxylation is 1. The Bertz CT molecular complexity index is 320. The lowest BCUT2D eigenvalue weighted by Gasteiger charge is -1.97.